The molecule has 0 aromatic rings. The Balaban J connectivity index is 3.54. The van der Waals surface area contributed by atoms with Gasteiger partial charge in [-0.15, -0.1) is 0 Å². The maximum atomic E-state index is 12.1. The Kier molecular flexibility index (Phi) is 18.2. The summed E-state index contributed by atoms with van der Waals surface area (Å²) in [5, 5.41) is -0.354. The molecule has 5 heteroatoms. The van der Waals surface area contributed by atoms with Crippen LogP contribution in [0.1, 0.15) is 117 Å². The van der Waals surface area contributed by atoms with Gasteiger partial charge in [0.15, 0.2) is 0 Å². The van der Waals surface area contributed by atoms with E-state index in [9.17, 15) is 8.42 Å². The quantitative estimate of drug-likeness (QED) is 0.206. The van der Waals surface area contributed by atoms with Crippen molar-refractivity contribution < 1.29 is 12.6 Å². The highest BCUT2D eigenvalue weighted by Gasteiger charge is 2.23. The van der Waals surface area contributed by atoms with Gasteiger partial charge in [0.1, 0.15) is 0 Å². The zero-order valence-corrected chi connectivity index (χ0v) is 18.3. The minimum Gasteiger partial charge on any atom is -0.330 e. The van der Waals surface area contributed by atoms with Gasteiger partial charge in [-0.05, 0) is 25.8 Å². The third-order valence-corrected chi connectivity index (χ3v) is 6.97. The summed E-state index contributed by atoms with van der Waals surface area (Å²) in [5.41, 5.74) is 5.38. The first-order chi connectivity index (χ1) is 12.6. The van der Waals surface area contributed by atoms with Crippen LogP contribution < -0.4 is 5.73 Å². The van der Waals surface area contributed by atoms with Crippen molar-refractivity contribution in [1.29, 1.82) is 0 Å². The van der Waals surface area contributed by atoms with Crippen LogP contribution in [0.15, 0.2) is 0 Å². The average Bonchev–Trinajstić information content (AvgIpc) is 2.62. The monoisotopic (exact) mass is 391 g/mol. The molecule has 0 aromatic heterocycles. The van der Waals surface area contributed by atoms with E-state index in [0.29, 0.717) is 19.4 Å². The van der Waals surface area contributed by atoms with Gasteiger partial charge >= 0.3 is 0 Å². The highest BCUT2D eigenvalue weighted by molar-refractivity contribution is 7.87. The van der Waals surface area contributed by atoms with Gasteiger partial charge in [0.05, 0.1) is 11.9 Å². The van der Waals surface area contributed by atoms with Gasteiger partial charge in [0.25, 0.3) is 10.1 Å². The third kappa shape index (κ3) is 15.0. The molecule has 0 fully saturated rings. The predicted molar refractivity (Wildman–Crippen MR) is 113 cm³/mol. The molecule has 0 rings (SSSR count). The zero-order chi connectivity index (χ0) is 19.5. The number of hydrogen-bond acceptors (Lipinski definition) is 4. The van der Waals surface area contributed by atoms with E-state index < -0.39 is 10.1 Å². The summed E-state index contributed by atoms with van der Waals surface area (Å²) < 4.78 is 29.3. The van der Waals surface area contributed by atoms with Crippen LogP contribution in [0.2, 0.25) is 0 Å². The molecule has 0 amide bonds. The Bertz CT molecular complexity index is 385. The average molecular weight is 392 g/mol. The van der Waals surface area contributed by atoms with Crippen LogP contribution in [0.5, 0.6) is 0 Å². The van der Waals surface area contributed by atoms with Gasteiger partial charge in [-0.25, -0.2) is 0 Å². The van der Waals surface area contributed by atoms with Crippen LogP contribution >= 0.6 is 0 Å². The molecule has 0 aromatic carbocycles. The lowest BCUT2D eigenvalue weighted by atomic mass is 10.0. The van der Waals surface area contributed by atoms with E-state index in [-0.39, 0.29) is 11.9 Å². The largest absolute Gasteiger partial charge is 0.330 e. The van der Waals surface area contributed by atoms with Crippen LogP contribution in [0.3, 0.4) is 0 Å². The highest BCUT2D eigenvalue weighted by Crippen LogP contribution is 2.18. The summed E-state index contributed by atoms with van der Waals surface area (Å²) in [6.45, 7) is 4.87. The second-order valence-electron chi connectivity index (χ2n) is 7.52. The first kappa shape index (κ1) is 25.9. The molecule has 4 nitrogen and oxygen atoms in total. The maximum absolute atomic E-state index is 12.1. The summed E-state index contributed by atoms with van der Waals surface area (Å²) in [6, 6.07) is 0. The molecule has 1 atom stereocenters. The Morgan fingerprint density at radius 2 is 1.19 bits per heavy atom. The van der Waals surface area contributed by atoms with Gasteiger partial charge < -0.3 is 5.73 Å². The van der Waals surface area contributed by atoms with E-state index in [0.717, 1.165) is 19.3 Å². The van der Waals surface area contributed by atoms with Crippen molar-refractivity contribution in [2.75, 3.05) is 13.2 Å². The van der Waals surface area contributed by atoms with Gasteiger partial charge in [-0.3, -0.25) is 4.18 Å². The molecule has 1 unspecified atom stereocenters. The molecular formula is C21H45NO3S. The number of hydrogen-bond donors (Lipinski definition) is 1. The van der Waals surface area contributed by atoms with Crippen LogP contribution in [0.25, 0.3) is 0 Å². The minimum atomic E-state index is -3.42. The Labute approximate surface area is 163 Å². The summed E-state index contributed by atoms with van der Waals surface area (Å²) in [5.74, 6) is 0. The molecule has 0 aliphatic rings. The van der Waals surface area contributed by atoms with Gasteiger partial charge in [-0.1, -0.05) is 97.3 Å². The first-order valence-electron chi connectivity index (χ1n) is 11.2. The number of nitrogens with two attached hydrogens (primary N) is 1. The summed E-state index contributed by atoms with van der Waals surface area (Å²) in [7, 11) is -3.42. The lowest BCUT2D eigenvalue weighted by Gasteiger charge is -2.15. The number of rotatable bonds is 20. The lowest BCUT2D eigenvalue weighted by molar-refractivity contribution is 0.305. The molecule has 0 radical (unpaired) electrons. The third-order valence-electron chi connectivity index (χ3n) is 5.09. The molecule has 0 spiro atoms. The predicted octanol–water partition coefficient (Wildman–Crippen LogP) is 5.94. The summed E-state index contributed by atoms with van der Waals surface area (Å²) in [4.78, 5) is 0. The molecule has 0 heterocycles. The standard InChI is InChI=1S/C21H45NO3S/c1-3-5-6-7-8-9-10-11-12-13-14-15-16-18-21(4-2)26(23,24)25-20-17-19-22/h21H,3-20,22H2,1-2H3. The summed E-state index contributed by atoms with van der Waals surface area (Å²) in [6.07, 6.45) is 18.9. The minimum absolute atomic E-state index is 0.216. The van der Waals surface area contributed by atoms with Crippen molar-refractivity contribution in [2.45, 2.75) is 122 Å². The van der Waals surface area contributed by atoms with Gasteiger partial charge in [0, 0.05) is 0 Å². The summed E-state index contributed by atoms with van der Waals surface area (Å²) >= 11 is 0. The fraction of sp³-hybridized carbons (Fsp3) is 1.00. The van der Waals surface area contributed by atoms with E-state index in [1.807, 2.05) is 6.92 Å². The zero-order valence-electron chi connectivity index (χ0n) is 17.5. The van der Waals surface area contributed by atoms with E-state index >= 15 is 0 Å². The normalized spacial score (nSPS) is 13.2. The topological polar surface area (TPSA) is 69.4 Å². The van der Waals surface area contributed by atoms with Gasteiger partial charge in [-0.2, -0.15) is 8.42 Å². The Morgan fingerprint density at radius 1 is 0.731 bits per heavy atom. The molecule has 0 saturated heterocycles. The highest BCUT2D eigenvalue weighted by atomic mass is 32.2. The molecule has 0 bridgehead atoms. The van der Waals surface area contributed by atoms with Crippen molar-refractivity contribution in [3.63, 3.8) is 0 Å². The van der Waals surface area contributed by atoms with Crippen LogP contribution in [-0.4, -0.2) is 26.8 Å². The fourth-order valence-corrected chi connectivity index (χ4v) is 4.70. The smallest absolute Gasteiger partial charge is 0.270 e. The molecular weight excluding hydrogens is 346 g/mol. The lowest BCUT2D eigenvalue weighted by Crippen LogP contribution is -2.24. The van der Waals surface area contributed by atoms with Gasteiger partial charge in [0.2, 0.25) is 0 Å². The van der Waals surface area contributed by atoms with E-state index in [1.165, 1.54) is 70.6 Å². The van der Waals surface area contributed by atoms with Crippen molar-refractivity contribution in [1.82, 2.24) is 0 Å². The molecule has 158 valence electrons. The van der Waals surface area contributed by atoms with Crippen LogP contribution in [-0.2, 0) is 14.3 Å². The molecule has 26 heavy (non-hydrogen) atoms. The van der Waals surface area contributed by atoms with Crippen LogP contribution in [0, 0.1) is 0 Å². The van der Waals surface area contributed by atoms with E-state index in [1.54, 1.807) is 0 Å². The second-order valence-corrected chi connectivity index (χ2v) is 9.41. The molecule has 2 N–H and O–H groups in total. The van der Waals surface area contributed by atoms with Crippen molar-refractivity contribution in [3.05, 3.63) is 0 Å². The molecule has 0 aliphatic heterocycles. The SMILES string of the molecule is CCCCCCCCCCCCCCCC(CC)S(=O)(=O)OCCCN. The Morgan fingerprint density at radius 3 is 1.62 bits per heavy atom. The Hall–Kier alpha value is -0.130. The first-order valence-corrected chi connectivity index (χ1v) is 12.6. The molecule has 0 aliphatic carbocycles. The second kappa shape index (κ2) is 18.2. The fourth-order valence-electron chi connectivity index (χ4n) is 3.30. The van der Waals surface area contributed by atoms with Crippen molar-refractivity contribution in [2.24, 2.45) is 5.73 Å². The van der Waals surface area contributed by atoms with Crippen molar-refractivity contribution >= 4 is 10.1 Å². The number of unbranched alkanes of at least 4 members (excludes halogenated alkanes) is 12. The van der Waals surface area contributed by atoms with Crippen molar-refractivity contribution in [3.8, 4) is 0 Å². The van der Waals surface area contributed by atoms with E-state index in [4.69, 9.17) is 9.92 Å². The molecule has 0 saturated carbocycles. The maximum Gasteiger partial charge on any atom is 0.270 e. The van der Waals surface area contributed by atoms with Crippen LogP contribution in [0.4, 0.5) is 0 Å². The van der Waals surface area contributed by atoms with E-state index in [2.05, 4.69) is 6.92 Å².